The molecule has 3 rings (SSSR count). The maximum atomic E-state index is 13.9. The van der Waals surface area contributed by atoms with E-state index in [4.69, 9.17) is 5.84 Å². The van der Waals surface area contributed by atoms with Crippen molar-refractivity contribution in [3.8, 4) is 5.75 Å². The molecule has 0 aliphatic carbocycles. The van der Waals surface area contributed by atoms with E-state index < -0.39 is 57.2 Å². The average Bonchev–Trinajstić information content (AvgIpc) is 2.95. The third-order valence-electron chi connectivity index (χ3n) is 6.51. The van der Waals surface area contributed by atoms with Crippen LogP contribution in [0.3, 0.4) is 0 Å². The van der Waals surface area contributed by atoms with E-state index in [1.54, 1.807) is 0 Å². The van der Waals surface area contributed by atoms with Crippen LogP contribution in [-0.4, -0.2) is 80.1 Å². The molecule has 18 heteroatoms. The monoisotopic (exact) mass is 635 g/mol. The number of hydrogen-bond acceptors (Lipinski definition) is 7. The Hall–Kier alpha value is -4.06. The van der Waals surface area contributed by atoms with Gasteiger partial charge in [-0.25, -0.2) is 17.2 Å². The third-order valence-corrected chi connectivity index (χ3v) is 8.43. The summed E-state index contributed by atoms with van der Waals surface area (Å²) in [6.07, 6.45) is -5.38. The van der Waals surface area contributed by atoms with Crippen molar-refractivity contribution in [3.05, 3.63) is 59.7 Å². The molecular weight excluding hydrogens is 605 g/mol. The SMILES string of the molecule is CCC(F)(F)c1ccc(CNC(=O)[C@H]2CN(C(=O)CN(C)/N=N\N)CCN2S(=O)(=O)c2ccc(OC(F)(F)F)cc2)cc1. The molecule has 1 aliphatic heterocycles. The lowest BCUT2D eigenvalue weighted by atomic mass is 10.0. The molecule has 3 N–H and O–H groups in total. The van der Waals surface area contributed by atoms with Gasteiger partial charge in [0.25, 0.3) is 5.92 Å². The van der Waals surface area contributed by atoms with Crippen LogP contribution in [-0.2, 0) is 32.1 Å². The molecule has 1 fully saturated rings. The summed E-state index contributed by atoms with van der Waals surface area (Å²) in [5, 5.41) is 10.3. The van der Waals surface area contributed by atoms with Gasteiger partial charge in [-0.05, 0) is 29.8 Å². The molecule has 0 unspecified atom stereocenters. The fourth-order valence-corrected chi connectivity index (χ4v) is 5.81. The number of nitrogens with zero attached hydrogens (tertiary/aromatic N) is 5. The molecule has 1 aliphatic rings. The molecule has 1 saturated heterocycles. The van der Waals surface area contributed by atoms with Crippen LogP contribution in [0, 0.1) is 0 Å². The van der Waals surface area contributed by atoms with E-state index in [-0.39, 0.29) is 38.3 Å². The summed E-state index contributed by atoms with van der Waals surface area (Å²) in [6, 6.07) is 7.26. The van der Waals surface area contributed by atoms with Crippen LogP contribution in [0.15, 0.2) is 63.9 Å². The topological polar surface area (TPSA) is 150 Å². The lowest BCUT2D eigenvalue weighted by Crippen LogP contribution is -2.62. The zero-order chi connectivity index (χ0) is 32.0. The van der Waals surface area contributed by atoms with E-state index >= 15 is 0 Å². The predicted molar refractivity (Wildman–Crippen MR) is 142 cm³/mol. The zero-order valence-electron chi connectivity index (χ0n) is 23.1. The highest BCUT2D eigenvalue weighted by atomic mass is 32.2. The summed E-state index contributed by atoms with van der Waals surface area (Å²) in [7, 11) is -3.03. The molecule has 2 aromatic rings. The Kier molecular flexibility index (Phi) is 10.5. The van der Waals surface area contributed by atoms with Gasteiger partial charge in [-0.2, -0.15) is 4.31 Å². The molecule has 1 atom stereocenters. The van der Waals surface area contributed by atoms with Crippen molar-refractivity contribution in [3.63, 3.8) is 0 Å². The number of ether oxygens (including phenoxy) is 1. The molecule has 2 amide bonds. The Labute approximate surface area is 244 Å². The van der Waals surface area contributed by atoms with Crippen molar-refractivity contribution in [2.24, 2.45) is 16.3 Å². The van der Waals surface area contributed by atoms with Gasteiger partial charge in [0, 0.05) is 45.2 Å². The number of nitrogens with one attached hydrogen (secondary N) is 1. The predicted octanol–water partition coefficient (Wildman–Crippen LogP) is 2.78. The first kappa shape index (κ1) is 33.4. The van der Waals surface area contributed by atoms with E-state index in [2.05, 4.69) is 20.5 Å². The number of benzene rings is 2. The van der Waals surface area contributed by atoms with Crippen molar-refractivity contribution >= 4 is 21.8 Å². The van der Waals surface area contributed by atoms with Crippen molar-refractivity contribution < 1.29 is 44.7 Å². The number of sulfonamides is 1. The smallest absolute Gasteiger partial charge is 0.406 e. The summed E-state index contributed by atoms with van der Waals surface area (Å²) >= 11 is 0. The van der Waals surface area contributed by atoms with Crippen LogP contribution in [0.5, 0.6) is 5.75 Å². The molecule has 236 valence electrons. The standard InChI is InChI=1S/C25H30F5N7O5S/c1-3-24(26,27)18-6-4-17(5-7-18)14-32-23(39)21-15-36(22(38)16-35(2)34-33-31)12-13-37(21)43(40,41)20-10-8-19(9-11-20)42-25(28,29)30/h4-11,21H,3,12-16H2,1-2H3,(H2,31,34)(H,32,39)/t21-/m1/s1. The summed E-state index contributed by atoms with van der Waals surface area (Å²) in [4.78, 5) is 27.0. The average molecular weight is 636 g/mol. The Balaban J connectivity index is 1.83. The Morgan fingerprint density at radius 1 is 1.07 bits per heavy atom. The molecule has 12 nitrogen and oxygen atoms in total. The number of carbonyl (C=O) groups is 2. The molecule has 0 aromatic heterocycles. The normalized spacial score (nSPS) is 16.7. The minimum absolute atomic E-state index is 0.113. The van der Waals surface area contributed by atoms with Gasteiger partial charge in [0.05, 0.1) is 4.90 Å². The van der Waals surface area contributed by atoms with Gasteiger partial charge in [-0.3, -0.25) is 14.6 Å². The molecule has 0 radical (unpaired) electrons. The number of rotatable bonds is 11. The largest absolute Gasteiger partial charge is 0.573 e. The highest BCUT2D eigenvalue weighted by molar-refractivity contribution is 7.89. The van der Waals surface area contributed by atoms with E-state index in [1.807, 2.05) is 0 Å². The maximum Gasteiger partial charge on any atom is 0.573 e. The van der Waals surface area contributed by atoms with E-state index in [0.29, 0.717) is 5.56 Å². The lowest BCUT2D eigenvalue weighted by Gasteiger charge is -2.39. The van der Waals surface area contributed by atoms with Gasteiger partial charge in [-0.15, -0.1) is 13.2 Å². The van der Waals surface area contributed by atoms with Gasteiger partial charge in [0.2, 0.25) is 21.8 Å². The molecule has 2 aromatic carbocycles. The van der Waals surface area contributed by atoms with Crippen molar-refractivity contribution in [1.82, 2.24) is 19.5 Å². The number of halogens is 5. The highest BCUT2D eigenvalue weighted by Gasteiger charge is 2.41. The van der Waals surface area contributed by atoms with Crippen LogP contribution in [0.1, 0.15) is 24.5 Å². The number of carbonyl (C=O) groups excluding carboxylic acids is 2. The summed E-state index contributed by atoms with van der Waals surface area (Å²) in [5.41, 5.74) is 0.255. The number of nitrogens with two attached hydrogens (primary N) is 1. The molecule has 43 heavy (non-hydrogen) atoms. The van der Waals surface area contributed by atoms with Gasteiger partial charge in [0.1, 0.15) is 18.3 Å². The van der Waals surface area contributed by atoms with Crippen LogP contribution >= 0.6 is 0 Å². The van der Waals surface area contributed by atoms with Crippen molar-refractivity contribution in [1.29, 1.82) is 0 Å². The molecule has 0 bridgehead atoms. The first-order valence-electron chi connectivity index (χ1n) is 12.8. The number of amides is 2. The van der Waals surface area contributed by atoms with Crippen LogP contribution in [0.4, 0.5) is 22.0 Å². The lowest BCUT2D eigenvalue weighted by molar-refractivity contribution is -0.274. The van der Waals surface area contributed by atoms with Crippen LogP contribution < -0.4 is 15.9 Å². The zero-order valence-corrected chi connectivity index (χ0v) is 23.9. The minimum atomic E-state index is -4.98. The number of likely N-dealkylation sites (N-methyl/N-ethyl adjacent to an activating group) is 1. The Morgan fingerprint density at radius 3 is 2.26 bits per heavy atom. The van der Waals surface area contributed by atoms with E-state index in [1.165, 1.54) is 43.1 Å². The second-order valence-electron chi connectivity index (χ2n) is 9.48. The molecular formula is C25H30F5N7O5S. The summed E-state index contributed by atoms with van der Waals surface area (Å²) in [5.74, 6) is 0.0215. The summed E-state index contributed by atoms with van der Waals surface area (Å²) < 4.78 is 97.2. The van der Waals surface area contributed by atoms with Crippen molar-refractivity contribution in [2.75, 3.05) is 33.2 Å². The van der Waals surface area contributed by atoms with Gasteiger partial charge >= 0.3 is 6.36 Å². The fraction of sp³-hybridized carbons (Fsp3) is 0.440. The molecule has 0 saturated carbocycles. The molecule has 0 spiro atoms. The quantitative estimate of drug-likeness (QED) is 0.167. The first-order chi connectivity index (χ1) is 20.1. The second-order valence-corrected chi connectivity index (χ2v) is 11.4. The van der Waals surface area contributed by atoms with E-state index in [0.717, 1.165) is 33.6 Å². The highest BCUT2D eigenvalue weighted by Crippen LogP contribution is 2.31. The van der Waals surface area contributed by atoms with Gasteiger partial charge in [-0.1, -0.05) is 41.6 Å². The second kappa shape index (κ2) is 13.5. The molecule has 1 heterocycles. The van der Waals surface area contributed by atoms with Crippen LogP contribution in [0.25, 0.3) is 0 Å². The number of alkyl halides is 5. The van der Waals surface area contributed by atoms with E-state index in [9.17, 15) is 40.0 Å². The van der Waals surface area contributed by atoms with Crippen molar-refractivity contribution in [2.45, 2.75) is 43.1 Å². The fourth-order valence-electron chi connectivity index (χ4n) is 4.24. The van der Waals surface area contributed by atoms with Gasteiger partial charge in [0.15, 0.2) is 0 Å². The van der Waals surface area contributed by atoms with Crippen LogP contribution in [0.2, 0.25) is 0 Å². The number of hydrogen-bond donors (Lipinski definition) is 2. The Bertz CT molecular complexity index is 1410. The van der Waals surface area contributed by atoms with Gasteiger partial charge < -0.3 is 20.8 Å². The maximum absolute atomic E-state index is 13.9. The number of piperazine rings is 1. The minimum Gasteiger partial charge on any atom is -0.406 e. The summed E-state index contributed by atoms with van der Waals surface area (Å²) in [6.45, 7) is 0.120. The Morgan fingerprint density at radius 2 is 1.70 bits per heavy atom. The third kappa shape index (κ3) is 8.73. The first-order valence-corrected chi connectivity index (χ1v) is 14.2.